The van der Waals surface area contributed by atoms with Gasteiger partial charge in [0.15, 0.2) is 6.35 Å². The third-order valence-corrected chi connectivity index (χ3v) is 8.38. The number of ether oxygens (including phenoxy) is 1. The molecular weight excluding hydrogens is 554 g/mol. The Kier molecular flexibility index (Phi) is 14.5. The van der Waals surface area contributed by atoms with Gasteiger partial charge in [-0.2, -0.15) is 0 Å². The van der Waals surface area contributed by atoms with Gasteiger partial charge in [0, 0.05) is 13.6 Å². The van der Waals surface area contributed by atoms with Crippen molar-refractivity contribution in [1.29, 1.82) is 0 Å². The van der Waals surface area contributed by atoms with Gasteiger partial charge < -0.3 is 25.4 Å². The van der Waals surface area contributed by atoms with Crippen LogP contribution < -0.4 is 21.3 Å². The van der Waals surface area contributed by atoms with Crippen LogP contribution in [0.2, 0.25) is 0 Å². The number of carbonyl (C=O) groups excluding carboxylic acids is 5. The Morgan fingerprint density at radius 3 is 2.23 bits per heavy atom. The highest BCUT2D eigenvalue weighted by Gasteiger charge is 2.45. The van der Waals surface area contributed by atoms with E-state index in [1.165, 1.54) is 7.05 Å². The molecule has 5 atom stereocenters. The van der Waals surface area contributed by atoms with Crippen molar-refractivity contribution in [3.05, 3.63) is 0 Å². The molecule has 12 nitrogen and oxygen atoms in total. The van der Waals surface area contributed by atoms with E-state index in [1.807, 2.05) is 20.8 Å². The molecule has 43 heavy (non-hydrogen) atoms. The molecule has 0 radical (unpaired) electrons. The molecule has 246 valence electrons. The van der Waals surface area contributed by atoms with Crippen LogP contribution in [0.5, 0.6) is 0 Å². The van der Waals surface area contributed by atoms with Gasteiger partial charge in [-0.25, -0.2) is 0 Å². The fourth-order valence-corrected chi connectivity index (χ4v) is 5.91. The summed E-state index contributed by atoms with van der Waals surface area (Å²) in [5.74, 6) is -2.56. The quantitative estimate of drug-likeness (QED) is 0.105. The fraction of sp³-hybridized carbons (Fsp3) is 0.839. The number of nitrogens with one attached hydrogen (secondary N) is 4. The predicted octanol–water partition coefficient (Wildman–Crippen LogP) is 1.60. The van der Waals surface area contributed by atoms with Crippen LogP contribution in [0.25, 0.3) is 0 Å². The first-order valence-corrected chi connectivity index (χ1v) is 15.9. The molecular formula is C31H55N5O7. The summed E-state index contributed by atoms with van der Waals surface area (Å²) >= 11 is 0. The van der Waals surface area contributed by atoms with Crippen LogP contribution in [0, 0.1) is 17.8 Å². The molecule has 5 N–H and O–H groups in total. The van der Waals surface area contributed by atoms with Gasteiger partial charge in [0.1, 0.15) is 11.6 Å². The lowest BCUT2D eigenvalue weighted by atomic mass is 9.83. The first kappa shape index (κ1) is 36.6. The number of carbonyl (C=O) groups is 5. The number of Topliss-reactive ketones (excluding diaryl/α,β-unsaturated/α-hetero) is 1. The lowest BCUT2D eigenvalue weighted by Gasteiger charge is -2.36. The Hall–Kier alpha value is -2.57. The van der Waals surface area contributed by atoms with E-state index in [4.69, 9.17) is 4.74 Å². The molecule has 1 saturated carbocycles. The Balaban J connectivity index is 2.27. The molecule has 2 rings (SSSR count). The van der Waals surface area contributed by atoms with Gasteiger partial charge in [-0.1, -0.05) is 52.9 Å². The van der Waals surface area contributed by atoms with E-state index in [0.717, 1.165) is 38.5 Å². The van der Waals surface area contributed by atoms with Gasteiger partial charge in [0.25, 0.3) is 5.91 Å². The maximum Gasteiger partial charge on any atom is 0.320 e. The molecule has 0 aromatic rings. The minimum Gasteiger partial charge on any atom is -0.459 e. The van der Waals surface area contributed by atoms with Gasteiger partial charge in [-0.05, 0) is 64.2 Å². The van der Waals surface area contributed by atoms with Crippen molar-refractivity contribution in [2.24, 2.45) is 17.8 Å². The third kappa shape index (κ3) is 11.5. The molecule has 1 heterocycles. The van der Waals surface area contributed by atoms with Gasteiger partial charge in [-0.15, -0.1) is 0 Å². The number of aliphatic hydroxyl groups is 1. The van der Waals surface area contributed by atoms with Crippen molar-refractivity contribution in [1.82, 2.24) is 26.2 Å². The Morgan fingerprint density at radius 2 is 1.67 bits per heavy atom. The summed E-state index contributed by atoms with van der Waals surface area (Å²) in [4.78, 5) is 66.6. The number of esters is 1. The Morgan fingerprint density at radius 1 is 1.02 bits per heavy atom. The Labute approximate surface area is 256 Å². The molecule has 0 spiro atoms. The van der Waals surface area contributed by atoms with Crippen LogP contribution in [0.1, 0.15) is 99.3 Å². The standard InChI is InChI=1S/C31H55N5O7/c1-8-9-15-22(26(38)28(40)32-7)34-27(39)23-16-21(19(2)3)18-36(23)29(41)25(20-13-11-10-12-14-20)35-30(42)33-17-24(37)43-31(4,5)6/h19-23,25,30,33,35,42H,8-18H2,1-7H3,(H,32,40)(H,34,39)/t21-,22?,23+,25+,30?/m1/s1. The number of ketones is 1. The third-order valence-electron chi connectivity index (χ3n) is 8.38. The second-order valence-corrected chi connectivity index (χ2v) is 13.3. The molecule has 1 aliphatic carbocycles. The van der Waals surface area contributed by atoms with Crippen molar-refractivity contribution in [3.63, 3.8) is 0 Å². The highest BCUT2D eigenvalue weighted by Crippen LogP contribution is 2.33. The molecule has 12 heteroatoms. The SMILES string of the molecule is CCCCC(NC(=O)[C@@H]1C[C@@H](C(C)C)CN1C(=O)[C@@H](NC(O)NCC(=O)OC(C)(C)C)C1CCCCC1)C(=O)C(=O)NC. The fourth-order valence-electron chi connectivity index (χ4n) is 5.91. The summed E-state index contributed by atoms with van der Waals surface area (Å²) in [6.07, 6.45) is 5.40. The normalized spacial score (nSPS) is 21.7. The number of hydrogen-bond donors (Lipinski definition) is 5. The summed E-state index contributed by atoms with van der Waals surface area (Å²) in [7, 11) is 1.37. The van der Waals surface area contributed by atoms with Gasteiger partial charge in [0.05, 0.1) is 18.6 Å². The van der Waals surface area contributed by atoms with E-state index in [-0.39, 0.29) is 30.2 Å². The molecule has 1 saturated heterocycles. The minimum absolute atomic E-state index is 0.0608. The smallest absolute Gasteiger partial charge is 0.320 e. The zero-order valence-electron chi connectivity index (χ0n) is 27.2. The van der Waals surface area contributed by atoms with E-state index >= 15 is 0 Å². The molecule has 2 fully saturated rings. The molecule has 0 aromatic heterocycles. The maximum atomic E-state index is 14.3. The van der Waals surface area contributed by atoms with Gasteiger partial charge >= 0.3 is 5.97 Å². The van der Waals surface area contributed by atoms with E-state index < -0.39 is 53.6 Å². The van der Waals surface area contributed by atoms with Crippen molar-refractivity contribution in [2.75, 3.05) is 20.1 Å². The highest BCUT2D eigenvalue weighted by atomic mass is 16.6. The summed E-state index contributed by atoms with van der Waals surface area (Å²) in [5, 5.41) is 21.6. The number of aliphatic hydroxyl groups excluding tert-OH is 1. The summed E-state index contributed by atoms with van der Waals surface area (Å²) in [6, 6.07) is -2.58. The van der Waals surface area contributed by atoms with Crippen LogP contribution >= 0.6 is 0 Å². The summed E-state index contributed by atoms with van der Waals surface area (Å²) in [6.45, 7) is 11.4. The zero-order chi connectivity index (χ0) is 32.3. The van der Waals surface area contributed by atoms with Crippen LogP contribution in [-0.2, 0) is 28.7 Å². The highest BCUT2D eigenvalue weighted by molar-refractivity contribution is 6.38. The van der Waals surface area contributed by atoms with E-state index in [0.29, 0.717) is 25.8 Å². The molecule has 0 aromatic carbocycles. The number of likely N-dealkylation sites (N-methyl/N-ethyl adjacent to an activating group) is 1. The largest absolute Gasteiger partial charge is 0.459 e. The molecule has 3 amide bonds. The van der Waals surface area contributed by atoms with Crippen molar-refractivity contribution < 1.29 is 33.8 Å². The first-order valence-electron chi connectivity index (χ1n) is 15.9. The number of amides is 3. The second kappa shape index (κ2) is 17.1. The number of hydrogen-bond acceptors (Lipinski definition) is 9. The van der Waals surface area contributed by atoms with Gasteiger partial charge in [-0.3, -0.25) is 34.6 Å². The van der Waals surface area contributed by atoms with Gasteiger partial charge in [0.2, 0.25) is 17.6 Å². The lowest BCUT2D eigenvalue weighted by Crippen LogP contribution is -2.60. The van der Waals surface area contributed by atoms with Crippen LogP contribution in [0.3, 0.4) is 0 Å². The van der Waals surface area contributed by atoms with Crippen LogP contribution in [0.15, 0.2) is 0 Å². The summed E-state index contributed by atoms with van der Waals surface area (Å²) < 4.78 is 5.30. The number of nitrogens with zero attached hydrogens (tertiary/aromatic N) is 1. The molecule has 2 aliphatic rings. The van der Waals surface area contributed by atoms with Crippen molar-refractivity contribution in [3.8, 4) is 0 Å². The number of rotatable bonds is 15. The monoisotopic (exact) mass is 609 g/mol. The van der Waals surface area contributed by atoms with Crippen molar-refractivity contribution >= 4 is 29.5 Å². The Bertz CT molecular complexity index is 961. The van der Waals surface area contributed by atoms with Crippen molar-refractivity contribution in [2.45, 2.75) is 129 Å². The molecule has 2 unspecified atom stereocenters. The zero-order valence-corrected chi connectivity index (χ0v) is 27.2. The second-order valence-electron chi connectivity index (χ2n) is 13.3. The van der Waals surface area contributed by atoms with E-state index in [9.17, 15) is 29.1 Å². The summed E-state index contributed by atoms with van der Waals surface area (Å²) in [5.41, 5.74) is -0.670. The van der Waals surface area contributed by atoms with E-state index in [1.54, 1.807) is 25.7 Å². The minimum atomic E-state index is -1.36. The van der Waals surface area contributed by atoms with Crippen LogP contribution in [-0.4, -0.2) is 89.7 Å². The number of likely N-dealkylation sites (tertiary alicyclic amines) is 1. The average molecular weight is 610 g/mol. The number of unbranched alkanes of at least 4 members (excludes halogenated alkanes) is 1. The predicted molar refractivity (Wildman–Crippen MR) is 162 cm³/mol. The molecule has 1 aliphatic heterocycles. The van der Waals surface area contributed by atoms with Crippen LogP contribution in [0.4, 0.5) is 0 Å². The topological polar surface area (TPSA) is 166 Å². The average Bonchev–Trinajstić information content (AvgIpc) is 3.41. The van der Waals surface area contributed by atoms with E-state index in [2.05, 4.69) is 21.3 Å². The first-order chi connectivity index (χ1) is 20.2. The lowest BCUT2D eigenvalue weighted by molar-refractivity contribution is -0.154. The molecule has 0 bridgehead atoms. The maximum absolute atomic E-state index is 14.3.